The molecule has 0 amide bonds. The number of carbonyl (C=O) groups is 1. The molecule has 5 rings (SSSR count). The van der Waals surface area contributed by atoms with E-state index in [-0.39, 0.29) is 17.4 Å². The van der Waals surface area contributed by atoms with Gasteiger partial charge in [-0.2, -0.15) is 4.98 Å². The first-order valence-corrected chi connectivity index (χ1v) is 12.8. The number of fused-ring (bicyclic) bond motifs is 1. The Morgan fingerprint density at radius 2 is 2.06 bits per heavy atom. The molecule has 2 saturated heterocycles. The quantitative estimate of drug-likeness (QED) is 0.673. The molecule has 1 unspecified atom stereocenters. The topological polar surface area (TPSA) is 87.8 Å². The fraction of sp³-hybridized carbons (Fsp3) is 0.577. The van der Waals surface area contributed by atoms with Gasteiger partial charge in [-0.3, -0.25) is 14.6 Å². The number of nitrogens with zero attached hydrogens (tertiary/aromatic N) is 3. The number of carbonyl (C=O) groups excluding carboxylic acids is 1. The molecule has 1 atom stereocenters. The number of anilines is 2. The van der Waals surface area contributed by atoms with Crippen molar-refractivity contribution in [2.24, 2.45) is 0 Å². The van der Waals surface area contributed by atoms with E-state index in [1.165, 1.54) is 0 Å². The van der Waals surface area contributed by atoms with Gasteiger partial charge in [0, 0.05) is 38.1 Å². The van der Waals surface area contributed by atoms with Gasteiger partial charge in [0.25, 0.3) is 5.56 Å². The number of hydrogen-bond donors (Lipinski definition) is 1. The van der Waals surface area contributed by atoms with Crippen molar-refractivity contribution < 1.29 is 14.3 Å². The molecule has 0 bridgehead atoms. The number of nitrogens with one attached hydrogen (secondary N) is 1. The number of rotatable bonds is 5. The van der Waals surface area contributed by atoms with Crippen molar-refractivity contribution >= 4 is 29.2 Å². The Kier molecular flexibility index (Phi) is 6.53. The molecule has 0 spiro atoms. The van der Waals surface area contributed by atoms with E-state index < -0.39 is 5.41 Å². The highest BCUT2D eigenvalue weighted by atomic mass is 35.5. The van der Waals surface area contributed by atoms with E-state index in [1.807, 2.05) is 31.0 Å². The zero-order valence-corrected chi connectivity index (χ0v) is 21.4. The first kappa shape index (κ1) is 24.1. The second kappa shape index (κ2) is 9.47. The highest BCUT2D eigenvalue weighted by Gasteiger charge is 2.44. The molecular weight excluding hydrogens is 468 g/mol. The second-order valence-electron chi connectivity index (χ2n) is 9.99. The summed E-state index contributed by atoms with van der Waals surface area (Å²) in [7, 11) is 1.97. The Bertz CT molecular complexity index is 1180. The van der Waals surface area contributed by atoms with E-state index >= 15 is 0 Å². The number of Topliss-reactive ketones (excluding diaryl/α,β-unsaturated/α-hetero) is 1. The summed E-state index contributed by atoms with van der Waals surface area (Å²) in [5.41, 5.74) is 1.74. The molecule has 35 heavy (non-hydrogen) atoms. The largest absolute Gasteiger partial charge is 0.488 e. The van der Waals surface area contributed by atoms with Crippen molar-refractivity contribution in [3.63, 3.8) is 0 Å². The molecule has 1 N–H and O–H groups in total. The van der Waals surface area contributed by atoms with Crippen LogP contribution in [-0.2, 0) is 21.4 Å². The number of H-pyrrole nitrogens is 1. The van der Waals surface area contributed by atoms with Crippen LogP contribution >= 0.6 is 11.6 Å². The van der Waals surface area contributed by atoms with Gasteiger partial charge in [-0.1, -0.05) is 11.6 Å². The Hall–Kier alpha value is -2.58. The average molecular weight is 501 g/mol. The van der Waals surface area contributed by atoms with Gasteiger partial charge in [-0.05, 0) is 62.8 Å². The van der Waals surface area contributed by atoms with E-state index in [0.29, 0.717) is 50.1 Å². The normalized spacial score (nSPS) is 21.7. The lowest BCUT2D eigenvalue weighted by Gasteiger charge is -2.42. The molecule has 188 valence electrons. The minimum absolute atomic E-state index is 0.0166. The predicted molar refractivity (Wildman–Crippen MR) is 136 cm³/mol. The fourth-order valence-corrected chi connectivity index (χ4v) is 6.19. The van der Waals surface area contributed by atoms with Gasteiger partial charge in [-0.25, -0.2) is 0 Å². The number of halogens is 1. The first-order valence-electron chi connectivity index (χ1n) is 12.4. The van der Waals surface area contributed by atoms with Gasteiger partial charge in [0.05, 0.1) is 24.2 Å². The van der Waals surface area contributed by atoms with Crippen molar-refractivity contribution in [3.8, 4) is 5.75 Å². The van der Waals surface area contributed by atoms with Crippen LogP contribution in [0.4, 0.5) is 11.8 Å². The van der Waals surface area contributed by atoms with Crippen LogP contribution in [0.3, 0.4) is 0 Å². The van der Waals surface area contributed by atoms with Crippen molar-refractivity contribution in [2.75, 3.05) is 49.7 Å². The van der Waals surface area contributed by atoms with Crippen LogP contribution < -0.4 is 20.1 Å². The van der Waals surface area contributed by atoms with Crippen molar-refractivity contribution in [3.05, 3.63) is 44.2 Å². The molecule has 3 aliphatic heterocycles. The number of aromatic amines is 1. The molecule has 2 fully saturated rings. The van der Waals surface area contributed by atoms with E-state index in [4.69, 9.17) is 26.1 Å². The van der Waals surface area contributed by atoms with Crippen molar-refractivity contribution in [2.45, 2.75) is 57.5 Å². The van der Waals surface area contributed by atoms with Gasteiger partial charge in [0.15, 0.2) is 0 Å². The molecule has 1 aromatic carbocycles. The first-order chi connectivity index (χ1) is 16.8. The molecule has 2 aromatic rings. The number of ether oxygens (including phenoxy) is 2. The van der Waals surface area contributed by atoms with Gasteiger partial charge >= 0.3 is 0 Å². The third-order valence-corrected chi connectivity index (χ3v) is 8.19. The van der Waals surface area contributed by atoms with E-state index in [1.54, 1.807) is 6.92 Å². The van der Waals surface area contributed by atoms with Crippen LogP contribution in [0.25, 0.3) is 0 Å². The third kappa shape index (κ3) is 4.31. The summed E-state index contributed by atoms with van der Waals surface area (Å²) in [6, 6.07) is 3.73. The van der Waals surface area contributed by atoms with E-state index in [0.717, 1.165) is 54.1 Å². The number of aromatic nitrogens is 2. The number of hydrogen-bond acceptors (Lipinski definition) is 7. The van der Waals surface area contributed by atoms with E-state index in [2.05, 4.69) is 9.88 Å². The maximum Gasteiger partial charge on any atom is 0.257 e. The monoisotopic (exact) mass is 500 g/mol. The Balaban J connectivity index is 1.44. The summed E-state index contributed by atoms with van der Waals surface area (Å²) in [4.78, 5) is 37.9. The molecular formula is C26H33ClN4O4. The summed E-state index contributed by atoms with van der Waals surface area (Å²) in [6.07, 6.45) is 3.73. The number of ketones is 1. The summed E-state index contributed by atoms with van der Waals surface area (Å²) < 4.78 is 11.7. The molecule has 0 radical (unpaired) electrons. The lowest BCUT2D eigenvalue weighted by atomic mass is 9.68. The van der Waals surface area contributed by atoms with Crippen LogP contribution in [0.15, 0.2) is 16.9 Å². The summed E-state index contributed by atoms with van der Waals surface area (Å²) in [5, 5.41) is 0.586. The Morgan fingerprint density at radius 1 is 1.29 bits per heavy atom. The second-order valence-corrected chi connectivity index (χ2v) is 10.4. The zero-order valence-electron chi connectivity index (χ0n) is 20.7. The third-order valence-electron chi connectivity index (χ3n) is 7.88. The molecule has 8 nitrogen and oxygen atoms in total. The molecule has 9 heteroatoms. The Labute approximate surface area is 210 Å². The molecule has 1 aromatic heterocycles. The minimum atomic E-state index is -0.714. The zero-order chi connectivity index (χ0) is 24.7. The average Bonchev–Trinajstić information content (AvgIpc) is 3.35. The van der Waals surface area contributed by atoms with E-state index in [9.17, 15) is 9.59 Å². The summed E-state index contributed by atoms with van der Waals surface area (Å²) in [6.45, 7) is 6.97. The van der Waals surface area contributed by atoms with Gasteiger partial charge < -0.3 is 19.3 Å². The van der Waals surface area contributed by atoms with Crippen LogP contribution in [0.2, 0.25) is 5.02 Å². The lowest BCUT2D eigenvalue weighted by Crippen LogP contribution is -2.48. The summed E-state index contributed by atoms with van der Waals surface area (Å²) >= 11 is 6.74. The standard InChI is InChI=1S/C26H33ClN4O4/c1-16-21(35-18-8-14-34-15-18)7-6-20(27)22(16)26(17(2)32)9-12-31(13-10-26)25-28-23-19(24(33)29-25)5-4-11-30(23)3/h6-7,18H,4-5,8-15H2,1-3H3,(H,28,29,33). The smallest absolute Gasteiger partial charge is 0.257 e. The van der Waals surface area contributed by atoms with Crippen LogP contribution in [0.1, 0.15) is 49.3 Å². The SMILES string of the molecule is CC(=O)C1(c2c(Cl)ccc(OC3CCOC3)c2C)CCN(c2nc3c(c(=O)[nH]2)CCCN3C)CC1. The molecule has 0 aliphatic carbocycles. The molecule has 0 saturated carbocycles. The fourth-order valence-electron chi connectivity index (χ4n) is 5.80. The maximum atomic E-state index is 13.2. The highest BCUT2D eigenvalue weighted by molar-refractivity contribution is 6.32. The van der Waals surface area contributed by atoms with Crippen molar-refractivity contribution in [1.29, 1.82) is 0 Å². The predicted octanol–water partition coefficient (Wildman–Crippen LogP) is 3.41. The molecule has 4 heterocycles. The molecule has 3 aliphatic rings. The van der Waals surface area contributed by atoms with Gasteiger partial charge in [0.1, 0.15) is 23.5 Å². The van der Waals surface area contributed by atoms with Crippen molar-refractivity contribution in [1.82, 2.24) is 9.97 Å². The number of piperidine rings is 1. The summed E-state index contributed by atoms with van der Waals surface area (Å²) in [5.74, 6) is 2.18. The lowest BCUT2D eigenvalue weighted by molar-refractivity contribution is -0.123. The van der Waals surface area contributed by atoms with Gasteiger partial charge in [-0.15, -0.1) is 0 Å². The maximum absolute atomic E-state index is 13.2. The highest BCUT2D eigenvalue weighted by Crippen LogP contribution is 2.45. The van der Waals surface area contributed by atoms with Crippen LogP contribution in [0, 0.1) is 6.92 Å². The number of benzene rings is 1. The Morgan fingerprint density at radius 3 is 2.74 bits per heavy atom. The minimum Gasteiger partial charge on any atom is -0.488 e. The van der Waals surface area contributed by atoms with Gasteiger partial charge in [0.2, 0.25) is 5.95 Å². The van der Waals surface area contributed by atoms with Crippen LogP contribution in [-0.4, -0.2) is 61.8 Å². The van der Waals surface area contributed by atoms with Crippen LogP contribution in [0.5, 0.6) is 5.75 Å².